The van der Waals surface area contributed by atoms with Gasteiger partial charge in [0.05, 0.1) is 18.8 Å². The summed E-state index contributed by atoms with van der Waals surface area (Å²) in [5.41, 5.74) is 4.30. The number of aliphatic hydroxyl groups excluding tert-OH is 1. The second kappa shape index (κ2) is 5.61. The van der Waals surface area contributed by atoms with E-state index >= 15 is 0 Å². The van der Waals surface area contributed by atoms with Gasteiger partial charge in [-0.25, -0.2) is 0 Å². The van der Waals surface area contributed by atoms with Crippen LogP contribution in [0.4, 0.5) is 0 Å². The van der Waals surface area contributed by atoms with Crippen LogP contribution in [0.5, 0.6) is 0 Å². The van der Waals surface area contributed by atoms with Gasteiger partial charge in [0.2, 0.25) is 0 Å². The highest BCUT2D eigenvalue weighted by Crippen LogP contribution is 2.16. The van der Waals surface area contributed by atoms with Crippen LogP contribution in [0.3, 0.4) is 0 Å². The van der Waals surface area contributed by atoms with Crippen molar-refractivity contribution in [2.45, 2.75) is 51.9 Å². The molecule has 0 fully saturated rings. The van der Waals surface area contributed by atoms with E-state index in [1.165, 1.54) is 0 Å². The summed E-state index contributed by atoms with van der Waals surface area (Å²) in [5, 5.41) is 8.70. The van der Waals surface area contributed by atoms with E-state index in [4.69, 9.17) is 20.3 Å². The maximum Gasteiger partial charge on any atom is 0.325 e. The number of esters is 1. The van der Waals surface area contributed by atoms with E-state index < -0.39 is 24.2 Å². The Morgan fingerprint density at radius 3 is 2.19 bits per heavy atom. The van der Waals surface area contributed by atoms with Gasteiger partial charge in [-0.2, -0.15) is 0 Å². The summed E-state index contributed by atoms with van der Waals surface area (Å²) < 4.78 is 10.7. The maximum atomic E-state index is 11.4. The van der Waals surface area contributed by atoms with Crippen molar-refractivity contribution < 1.29 is 19.4 Å². The molecule has 1 atom stereocenters. The molecule has 5 nitrogen and oxygen atoms in total. The lowest BCUT2D eigenvalue weighted by Crippen LogP contribution is -2.43. The fraction of sp³-hybridized carbons (Fsp3) is 0.909. The molecule has 0 unspecified atom stereocenters. The van der Waals surface area contributed by atoms with Crippen LogP contribution in [0.15, 0.2) is 0 Å². The summed E-state index contributed by atoms with van der Waals surface area (Å²) in [7, 11) is 0. The van der Waals surface area contributed by atoms with Gasteiger partial charge in [0.1, 0.15) is 11.6 Å². The minimum Gasteiger partial charge on any atom is -0.456 e. The first-order valence-electron chi connectivity index (χ1n) is 5.31. The Bertz CT molecular complexity index is 233. The summed E-state index contributed by atoms with van der Waals surface area (Å²) in [6.45, 7) is 9.09. The van der Waals surface area contributed by atoms with E-state index in [1.807, 2.05) is 20.8 Å². The molecular formula is C11H23NO4. The molecule has 0 heterocycles. The molecule has 5 heteroatoms. The number of hydrogen-bond donors (Lipinski definition) is 2. The van der Waals surface area contributed by atoms with E-state index in [1.54, 1.807) is 13.8 Å². The van der Waals surface area contributed by atoms with Gasteiger partial charge in [-0.1, -0.05) is 0 Å². The number of nitrogens with two attached hydrogens (primary N) is 1. The number of rotatable bonds is 5. The Morgan fingerprint density at radius 1 is 1.31 bits per heavy atom. The van der Waals surface area contributed by atoms with Crippen LogP contribution in [-0.4, -0.2) is 41.5 Å². The molecule has 0 radical (unpaired) electrons. The van der Waals surface area contributed by atoms with Crippen molar-refractivity contribution >= 4 is 5.97 Å². The van der Waals surface area contributed by atoms with Crippen LogP contribution in [0.25, 0.3) is 0 Å². The van der Waals surface area contributed by atoms with Crippen molar-refractivity contribution in [3.63, 3.8) is 0 Å². The summed E-state index contributed by atoms with van der Waals surface area (Å²) in [6.07, 6.45) is 0. The Hall–Kier alpha value is -0.650. The number of ether oxygens (including phenoxy) is 2. The highest BCUT2D eigenvalue weighted by molar-refractivity contribution is 5.76. The van der Waals surface area contributed by atoms with Gasteiger partial charge >= 0.3 is 5.97 Å². The zero-order valence-electron chi connectivity index (χ0n) is 10.7. The van der Waals surface area contributed by atoms with Crippen LogP contribution >= 0.6 is 0 Å². The second-order valence-corrected chi connectivity index (χ2v) is 5.37. The summed E-state index contributed by atoms with van der Waals surface area (Å²) in [6, 6.07) is -0.992. The third-order valence-corrected chi connectivity index (χ3v) is 1.73. The lowest BCUT2D eigenvalue weighted by atomic mass is 10.1. The van der Waals surface area contributed by atoms with Crippen molar-refractivity contribution in [3.05, 3.63) is 0 Å². The fourth-order valence-electron chi connectivity index (χ4n) is 0.842. The first-order chi connectivity index (χ1) is 7.07. The number of hydrogen-bond acceptors (Lipinski definition) is 5. The number of carbonyl (C=O) groups excluding carboxylic acids is 1. The van der Waals surface area contributed by atoms with Crippen molar-refractivity contribution in [1.82, 2.24) is 0 Å². The van der Waals surface area contributed by atoms with Crippen LogP contribution in [-0.2, 0) is 14.3 Å². The Balaban J connectivity index is 4.19. The van der Waals surface area contributed by atoms with Gasteiger partial charge in [-0.05, 0) is 34.6 Å². The molecule has 0 aliphatic carbocycles. The smallest absolute Gasteiger partial charge is 0.325 e. The summed E-state index contributed by atoms with van der Waals surface area (Å²) in [4.78, 5) is 11.4. The second-order valence-electron chi connectivity index (χ2n) is 5.37. The molecule has 0 aliphatic heterocycles. The molecule has 16 heavy (non-hydrogen) atoms. The van der Waals surface area contributed by atoms with Gasteiger partial charge in [-0.15, -0.1) is 0 Å². The lowest BCUT2D eigenvalue weighted by Gasteiger charge is -2.30. The average Bonchev–Trinajstić information content (AvgIpc) is 2.12. The van der Waals surface area contributed by atoms with Gasteiger partial charge in [0.15, 0.2) is 0 Å². The zero-order valence-corrected chi connectivity index (χ0v) is 10.7. The Morgan fingerprint density at radius 2 is 1.81 bits per heavy atom. The van der Waals surface area contributed by atoms with Crippen molar-refractivity contribution in [1.29, 1.82) is 0 Å². The van der Waals surface area contributed by atoms with E-state index in [0.29, 0.717) is 0 Å². The Kier molecular flexibility index (Phi) is 5.38. The molecule has 0 spiro atoms. The van der Waals surface area contributed by atoms with Crippen molar-refractivity contribution in [3.8, 4) is 0 Å². The number of aliphatic hydroxyl groups is 1. The van der Waals surface area contributed by atoms with Gasteiger partial charge in [0, 0.05) is 0 Å². The molecule has 0 aromatic carbocycles. The normalized spacial score (nSPS) is 14.7. The van der Waals surface area contributed by atoms with Crippen molar-refractivity contribution in [2.24, 2.45) is 5.73 Å². The minimum absolute atomic E-state index is 0.278. The fourth-order valence-corrected chi connectivity index (χ4v) is 0.842. The highest BCUT2D eigenvalue weighted by Gasteiger charge is 2.28. The van der Waals surface area contributed by atoms with Gasteiger partial charge < -0.3 is 20.3 Å². The van der Waals surface area contributed by atoms with Crippen LogP contribution < -0.4 is 5.73 Å². The SMILES string of the molecule is CC(C)(C)OCC(C)(C)OC(=O)[C@@H](N)CO. The minimum atomic E-state index is -0.992. The quantitative estimate of drug-likeness (QED) is 0.673. The molecule has 0 saturated carbocycles. The third-order valence-electron chi connectivity index (χ3n) is 1.73. The third kappa shape index (κ3) is 6.76. The summed E-state index contributed by atoms with van der Waals surface area (Å²) in [5.74, 6) is -0.620. The monoisotopic (exact) mass is 233 g/mol. The van der Waals surface area contributed by atoms with E-state index in [-0.39, 0.29) is 12.2 Å². The van der Waals surface area contributed by atoms with Crippen LogP contribution in [0.1, 0.15) is 34.6 Å². The van der Waals surface area contributed by atoms with Gasteiger partial charge in [-0.3, -0.25) is 4.79 Å². The predicted molar refractivity (Wildman–Crippen MR) is 60.9 cm³/mol. The summed E-state index contributed by atoms with van der Waals surface area (Å²) >= 11 is 0. The molecular weight excluding hydrogens is 210 g/mol. The molecule has 0 aromatic heterocycles. The zero-order chi connectivity index (χ0) is 13.0. The molecule has 3 N–H and O–H groups in total. The maximum absolute atomic E-state index is 11.4. The number of carbonyl (C=O) groups is 1. The molecule has 0 rings (SSSR count). The molecule has 0 amide bonds. The van der Waals surface area contributed by atoms with E-state index in [0.717, 1.165) is 0 Å². The Labute approximate surface area is 96.9 Å². The molecule has 0 aliphatic rings. The molecule has 96 valence electrons. The van der Waals surface area contributed by atoms with Crippen molar-refractivity contribution in [2.75, 3.05) is 13.2 Å². The van der Waals surface area contributed by atoms with E-state index in [9.17, 15) is 4.79 Å². The standard InChI is InChI=1S/C11H23NO4/c1-10(2,3)15-7-11(4,5)16-9(14)8(12)6-13/h8,13H,6-7,12H2,1-5H3/t8-/m0/s1. The average molecular weight is 233 g/mol. The highest BCUT2D eigenvalue weighted by atomic mass is 16.6. The van der Waals surface area contributed by atoms with Crippen LogP contribution in [0.2, 0.25) is 0 Å². The van der Waals surface area contributed by atoms with E-state index in [2.05, 4.69) is 0 Å². The molecule has 0 saturated heterocycles. The first kappa shape index (κ1) is 15.3. The molecule has 0 aromatic rings. The predicted octanol–water partition coefficient (Wildman–Crippen LogP) is 0.443. The van der Waals surface area contributed by atoms with Gasteiger partial charge in [0.25, 0.3) is 0 Å². The lowest BCUT2D eigenvalue weighted by molar-refractivity contribution is -0.169. The van der Waals surface area contributed by atoms with Crippen LogP contribution in [0, 0.1) is 0 Å². The molecule has 0 bridgehead atoms. The first-order valence-corrected chi connectivity index (χ1v) is 5.31. The topological polar surface area (TPSA) is 81.8 Å². The largest absolute Gasteiger partial charge is 0.456 e.